The molecule has 3 nitrogen and oxygen atoms in total. The smallest absolute Gasteiger partial charge is 0.226 e. The number of fused-ring (bicyclic) bond motifs is 2. The van der Waals surface area contributed by atoms with Crippen molar-refractivity contribution in [2.24, 2.45) is 23.5 Å². The number of nitrogens with two attached hydrogens (primary N) is 1. The minimum absolute atomic E-state index is 0.217. The minimum atomic E-state index is 0.217. The Morgan fingerprint density at radius 3 is 2.30 bits per heavy atom. The van der Waals surface area contributed by atoms with Gasteiger partial charge in [0.05, 0.1) is 0 Å². The van der Waals surface area contributed by atoms with E-state index in [-0.39, 0.29) is 5.92 Å². The highest BCUT2D eigenvalue weighted by molar-refractivity contribution is 5.79. The van der Waals surface area contributed by atoms with Crippen molar-refractivity contribution in [3.63, 3.8) is 0 Å². The van der Waals surface area contributed by atoms with Crippen LogP contribution in [0.5, 0.6) is 0 Å². The van der Waals surface area contributed by atoms with Crippen molar-refractivity contribution in [1.29, 1.82) is 0 Å². The first kappa shape index (κ1) is 15.2. The van der Waals surface area contributed by atoms with Crippen molar-refractivity contribution in [1.82, 2.24) is 4.90 Å². The second-order valence-corrected chi connectivity index (χ2v) is 7.88. The van der Waals surface area contributed by atoms with Gasteiger partial charge in [0.1, 0.15) is 0 Å². The fraction of sp³-hybridized carbons (Fsp3) is 0.650. The van der Waals surface area contributed by atoms with E-state index in [0.717, 1.165) is 19.4 Å². The zero-order valence-corrected chi connectivity index (χ0v) is 13.9. The molecule has 4 rings (SSSR count). The van der Waals surface area contributed by atoms with E-state index in [4.69, 9.17) is 5.73 Å². The molecule has 1 aromatic rings. The lowest BCUT2D eigenvalue weighted by Crippen LogP contribution is -2.50. The normalized spacial score (nSPS) is 33.3. The van der Waals surface area contributed by atoms with Crippen LogP contribution in [-0.2, 0) is 11.3 Å². The standard InChI is InChI=1S/C20H28N2O/c21-19-15-7-4-8-16(19)12-17(11-15)20(23)22(18-9-10-18)13-14-5-2-1-3-6-14/h1-3,5-6,15-19H,4,7-13,21H2. The molecule has 1 aromatic carbocycles. The van der Waals surface area contributed by atoms with Crippen LogP contribution in [0.2, 0.25) is 0 Å². The van der Waals surface area contributed by atoms with Crippen molar-refractivity contribution in [2.45, 2.75) is 63.6 Å². The number of carbonyl (C=O) groups is 1. The van der Waals surface area contributed by atoms with Gasteiger partial charge in [0, 0.05) is 24.5 Å². The lowest BCUT2D eigenvalue weighted by molar-refractivity contribution is -0.140. The Morgan fingerprint density at radius 2 is 1.70 bits per heavy atom. The second kappa shape index (κ2) is 6.27. The molecule has 3 aliphatic rings. The van der Waals surface area contributed by atoms with Crippen LogP contribution in [0.15, 0.2) is 30.3 Å². The highest BCUT2D eigenvalue weighted by atomic mass is 16.2. The van der Waals surface area contributed by atoms with Crippen LogP contribution >= 0.6 is 0 Å². The largest absolute Gasteiger partial charge is 0.335 e. The number of rotatable bonds is 4. The zero-order valence-electron chi connectivity index (χ0n) is 13.9. The van der Waals surface area contributed by atoms with Crippen LogP contribution in [0.1, 0.15) is 50.5 Å². The summed E-state index contributed by atoms with van der Waals surface area (Å²) in [6, 6.07) is 11.3. The van der Waals surface area contributed by atoms with Gasteiger partial charge in [0.25, 0.3) is 0 Å². The Bertz CT molecular complexity index is 540. The van der Waals surface area contributed by atoms with E-state index in [1.165, 1.54) is 37.7 Å². The number of amides is 1. The van der Waals surface area contributed by atoms with E-state index in [2.05, 4.69) is 29.2 Å². The van der Waals surface area contributed by atoms with Crippen LogP contribution in [0.3, 0.4) is 0 Å². The Hall–Kier alpha value is -1.35. The van der Waals surface area contributed by atoms with Gasteiger partial charge in [-0.2, -0.15) is 0 Å². The van der Waals surface area contributed by atoms with Gasteiger partial charge in [-0.1, -0.05) is 36.8 Å². The first-order valence-corrected chi connectivity index (χ1v) is 9.32. The van der Waals surface area contributed by atoms with Crippen LogP contribution in [-0.4, -0.2) is 22.9 Å². The molecule has 2 atom stereocenters. The van der Waals surface area contributed by atoms with Gasteiger partial charge in [-0.15, -0.1) is 0 Å². The third kappa shape index (κ3) is 3.16. The number of benzene rings is 1. The Morgan fingerprint density at radius 1 is 1.04 bits per heavy atom. The Balaban J connectivity index is 1.47. The van der Waals surface area contributed by atoms with E-state index in [1.54, 1.807) is 0 Å². The van der Waals surface area contributed by atoms with Gasteiger partial charge in [0.2, 0.25) is 5.91 Å². The topological polar surface area (TPSA) is 46.3 Å². The number of hydrogen-bond acceptors (Lipinski definition) is 2. The van der Waals surface area contributed by atoms with Crippen LogP contribution in [0.25, 0.3) is 0 Å². The molecule has 0 aliphatic heterocycles. The Kier molecular flexibility index (Phi) is 4.14. The average molecular weight is 312 g/mol. The molecule has 3 fully saturated rings. The summed E-state index contributed by atoms with van der Waals surface area (Å²) in [7, 11) is 0. The molecule has 3 heteroatoms. The summed E-state index contributed by atoms with van der Waals surface area (Å²) in [6.07, 6.45) is 8.16. The van der Waals surface area contributed by atoms with Gasteiger partial charge >= 0.3 is 0 Å². The maximum absolute atomic E-state index is 13.2. The van der Waals surface area contributed by atoms with Crippen molar-refractivity contribution in [2.75, 3.05) is 0 Å². The quantitative estimate of drug-likeness (QED) is 0.927. The lowest BCUT2D eigenvalue weighted by Gasteiger charge is -2.44. The molecular formula is C20H28N2O. The van der Waals surface area contributed by atoms with Crippen LogP contribution < -0.4 is 5.73 Å². The van der Waals surface area contributed by atoms with Crippen molar-refractivity contribution in [3.8, 4) is 0 Å². The molecule has 0 aromatic heterocycles. The summed E-state index contributed by atoms with van der Waals surface area (Å²) >= 11 is 0. The van der Waals surface area contributed by atoms with Crippen molar-refractivity contribution in [3.05, 3.63) is 35.9 Å². The summed E-state index contributed by atoms with van der Waals surface area (Å²) in [5.74, 6) is 1.78. The summed E-state index contributed by atoms with van der Waals surface area (Å²) in [6.45, 7) is 0.780. The Labute approximate surface area is 139 Å². The van der Waals surface area contributed by atoms with E-state index in [9.17, 15) is 4.79 Å². The van der Waals surface area contributed by atoms with E-state index in [0.29, 0.717) is 29.8 Å². The third-order valence-electron chi connectivity index (χ3n) is 6.23. The van der Waals surface area contributed by atoms with Crippen LogP contribution in [0.4, 0.5) is 0 Å². The van der Waals surface area contributed by atoms with Gasteiger partial charge in [-0.05, 0) is 55.9 Å². The molecule has 0 saturated heterocycles. The van der Waals surface area contributed by atoms with E-state index >= 15 is 0 Å². The molecule has 0 radical (unpaired) electrons. The molecule has 2 bridgehead atoms. The molecule has 0 heterocycles. The molecule has 1 amide bonds. The van der Waals surface area contributed by atoms with Crippen molar-refractivity contribution >= 4 is 5.91 Å². The molecule has 124 valence electrons. The molecule has 0 spiro atoms. The number of hydrogen-bond donors (Lipinski definition) is 1. The molecule has 2 unspecified atom stereocenters. The summed E-state index contributed by atoms with van der Waals surface area (Å²) < 4.78 is 0. The highest BCUT2D eigenvalue weighted by Crippen LogP contribution is 2.43. The first-order valence-electron chi connectivity index (χ1n) is 9.32. The van der Waals surface area contributed by atoms with Gasteiger partial charge in [-0.3, -0.25) is 4.79 Å². The zero-order chi connectivity index (χ0) is 15.8. The number of nitrogens with zero attached hydrogens (tertiary/aromatic N) is 1. The van der Waals surface area contributed by atoms with E-state index < -0.39 is 0 Å². The predicted octanol–water partition coefficient (Wildman–Crippen LogP) is 3.33. The molecule has 3 saturated carbocycles. The fourth-order valence-corrected chi connectivity index (χ4v) is 4.78. The summed E-state index contributed by atoms with van der Waals surface area (Å²) in [5.41, 5.74) is 7.64. The van der Waals surface area contributed by atoms with Gasteiger partial charge < -0.3 is 10.6 Å². The number of carbonyl (C=O) groups excluding carboxylic acids is 1. The van der Waals surface area contributed by atoms with Gasteiger partial charge in [0.15, 0.2) is 0 Å². The maximum atomic E-state index is 13.2. The highest BCUT2D eigenvalue weighted by Gasteiger charge is 2.43. The average Bonchev–Trinajstić information content (AvgIpc) is 3.37. The first-order chi connectivity index (χ1) is 11.2. The summed E-state index contributed by atoms with van der Waals surface area (Å²) in [5, 5.41) is 0. The molecular weight excluding hydrogens is 284 g/mol. The van der Waals surface area contributed by atoms with Crippen LogP contribution in [0, 0.1) is 17.8 Å². The van der Waals surface area contributed by atoms with E-state index in [1.807, 2.05) is 6.07 Å². The van der Waals surface area contributed by atoms with Gasteiger partial charge in [-0.25, -0.2) is 0 Å². The monoisotopic (exact) mass is 312 g/mol. The second-order valence-electron chi connectivity index (χ2n) is 7.88. The predicted molar refractivity (Wildman–Crippen MR) is 91.5 cm³/mol. The third-order valence-corrected chi connectivity index (χ3v) is 6.23. The minimum Gasteiger partial charge on any atom is -0.335 e. The summed E-state index contributed by atoms with van der Waals surface area (Å²) in [4.78, 5) is 15.4. The lowest BCUT2D eigenvalue weighted by atomic mass is 9.65. The fourth-order valence-electron chi connectivity index (χ4n) is 4.78. The molecule has 3 aliphatic carbocycles. The maximum Gasteiger partial charge on any atom is 0.226 e. The van der Waals surface area contributed by atoms with Crippen molar-refractivity contribution < 1.29 is 4.79 Å². The molecule has 23 heavy (non-hydrogen) atoms. The molecule has 2 N–H and O–H groups in total. The SMILES string of the molecule is NC1C2CCCC1CC(C(=O)N(Cc1ccccc1)C1CC1)C2.